The van der Waals surface area contributed by atoms with Gasteiger partial charge in [0.25, 0.3) is 0 Å². The molecule has 0 saturated carbocycles. The van der Waals surface area contributed by atoms with Gasteiger partial charge in [-0.15, -0.1) is 20.4 Å². The summed E-state index contributed by atoms with van der Waals surface area (Å²) in [6, 6.07) is 16.6. The Morgan fingerprint density at radius 2 is 1.79 bits per heavy atom. The summed E-state index contributed by atoms with van der Waals surface area (Å²) in [7, 11) is 0. The highest BCUT2D eigenvalue weighted by Crippen LogP contribution is 2.24. The van der Waals surface area contributed by atoms with Gasteiger partial charge in [-0.2, -0.15) is 0 Å². The third-order valence-electron chi connectivity index (χ3n) is 3.73. The van der Waals surface area contributed by atoms with Crippen LogP contribution in [0.2, 0.25) is 5.02 Å². The molecule has 0 spiro atoms. The molecule has 0 amide bonds. The third-order valence-corrected chi connectivity index (χ3v) is 4.91. The van der Waals surface area contributed by atoms with Gasteiger partial charge in [0.2, 0.25) is 16.9 Å². The fourth-order valence-electron chi connectivity index (χ4n) is 2.32. The van der Waals surface area contributed by atoms with E-state index in [1.165, 1.54) is 16.4 Å². The average molecular weight is 415 g/mol. The smallest absolute Gasteiger partial charge is 0.247 e. The molecule has 0 radical (unpaired) electrons. The Morgan fingerprint density at radius 1 is 1.00 bits per heavy atom. The van der Waals surface area contributed by atoms with Gasteiger partial charge in [0.15, 0.2) is 5.82 Å². The van der Waals surface area contributed by atoms with E-state index in [4.69, 9.17) is 26.6 Å². The van der Waals surface area contributed by atoms with Crippen LogP contribution in [-0.2, 0) is 12.4 Å². The molecule has 0 saturated heterocycles. The van der Waals surface area contributed by atoms with E-state index in [2.05, 4.69) is 20.4 Å². The lowest BCUT2D eigenvalue weighted by molar-refractivity contribution is 0.291. The summed E-state index contributed by atoms with van der Waals surface area (Å²) in [4.78, 5) is 0. The number of hydrogen-bond donors (Lipinski definition) is 1. The first kappa shape index (κ1) is 18.3. The quantitative estimate of drug-likeness (QED) is 0.361. The molecule has 0 aliphatic carbocycles. The number of benzene rings is 2. The molecule has 10 heteroatoms. The second kappa shape index (κ2) is 8.32. The van der Waals surface area contributed by atoms with Crippen molar-refractivity contribution >= 4 is 23.4 Å². The van der Waals surface area contributed by atoms with Gasteiger partial charge >= 0.3 is 0 Å². The van der Waals surface area contributed by atoms with E-state index in [1.54, 1.807) is 12.1 Å². The molecule has 0 fully saturated rings. The van der Waals surface area contributed by atoms with E-state index >= 15 is 0 Å². The van der Waals surface area contributed by atoms with Crippen molar-refractivity contribution in [3.63, 3.8) is 0 Å². The van der Waals surface area contributed by atoms with Crippen LogP contribution in [0.15, 0.2) is 64.2 Å². The van der Waals surface area contributed by atoms with Crippen LogP contribution in [0.4, 0.5) is 0 Å². The average Bonchev–Trinajstić information content (AvgIpc) is 3.33. The Hall–Kier alpha value is -3.04. The molecule has 0 unspecified atom stereocenters. The maximum absolute atomic E-state index is 6.05. The Morgan fingerprint density at radius 3 is 2.57 bits per heavy atom. The van der Waals surface area contributed by atoms with Gasteiger partial charge in [-0.1, -0.05) is 41.6 Å². The van der Waals surface area contributed by atoms with Crippen molar-refractivity contribution in [3.05, 3.63) is 71.3 Å². The van der Waals surface area contributed by atoms with Crippen LogP contribution >= 0.6 is 23.4 Å². The van der Waals surface area contributed by atoms with Crippen molar-refractivity contribution in [1.82, 2.24) is 25.1 Å². The molecule has 4 rings (SSSR count). The minimum atomic E-state index is 0.218. The lowest BCUT2D eigenvalue weighted by atomic mass is 10.2. The summed E-state index contributed by atoms with van der Waals surface area (Å²) in [5.74, 6) is 8.60. The number of rotatable bonds is 7. The van der Waals surface area contributed by atoms with Crippen LogP contribution in [0.25, 0.3) is 11.5 Å². The van der Waals surface area contributed by atoms with Crippen molar-refractivity contribution in [2.45, 2.75) is 17.5 Å². The Bertz CT molecular complexity index is 1050. The number of para-hydroxylation sites is 1. The molecule has 2 aromatic heterocycles. The molecular weight excluding hydrogens is 400 g/mol. The summed E-state index contributed by atoms with van der Waals surface area (Å²) in [5.41, 5.74) is 0.801. The molecule has 2 heterocycles. The normalized spacial score (nSPS) is 10.9. The molecular formula is C18H15ClN6O2S. The van der Waals surface area contributed by atoms with Crippen LogP contribution in [0, 0.1) is 0 Å². The van der Waals surface area contributed by atoms with Gasteiger partial charge in [-0.3, -0.25) is 0 Å². The number of nitrogen functional groups attached to an aromatic ring is 1. The van der Waals surface area contributed by atoms with Gasteiger partial charge in [0, 0.05) is 10.6 Å². The van der Waals surface area contributed by atoms with E-state index < -0.39 is 0 Å². The number of nitrogens with two attached hydrogens (primary N) is 1. The maximum Gasteiger partial charge on any atom is 0.247 e. The van der Waals surface area contributed by atoms with Gasteiger partial charge in [0.1, 0.15) is 12.4 Å². The molecule has 8 nitrogen and oxygen atoms in total. The Kier molecular flexibility index (Phi) is 5.45. The van der Waals surface area contributed by atoms with Crippen molar-refractivity contribution in [2.75, 3.05) is 5.84 Å². The maximum atomic E-state index is 6.05. The summed E-state index contributed by atoms with van der Waals surface area (Å²) < 4.78 is 12.7. The van der Waals surface area contributed by atoms with E-state index in [9.17, 15) is 0 Å². The first-order valence-corrected chi connectivity index (χ1v) is 9.64. The van der Waals surface area contributed by atoms with Crippen LogP contribution in [-0.4, -0.2) is 25.1 Å². The van der Waals surface area contributed by atoms with Crippen LogP contribution in [0.1, 0.15) is 11.7 Å². The minimum Gasteiger partial charge on any atom is -0.486 e. The third kappa shape index (κ3) is 4.26. The number of thioether (sulfide) groups is 1. The largest absolute Gasteiger partial charge is 0.486 e. The lowest BCUT2D eigenvalue weighted by Crippen LogP contribution is -2.15. The molecule has 0 atom stereocenters. The monoisotopic (exact) mass is 414 g/mol. The SMILES string of the molecule is Nn1c(COc2ccccc2)nnc1SCc1nnc(-c2ccc(Cl)cc2)o1. The van der Waals surface area contributed by atoms with E-state index in [0.29, 0.717) is 33.5 Å². The van der Waals surface area contributed by atoms with Crippen molar-refractivity contribution in [3.8, 4) is 17.2 Å². The number of hydrogen-bond acceptors (Lipinski definition) is 8. The highest BCUT2D eigenvalue weighted by molar-refractivity contribution is 7.98. The molecule has 4 aromatic rings. The molecule has 0 bridgehead atoms. The van der Waals surface area contributed by atoms with Crippen molar-refractivity contribution in [1.29, 1.82) is 0 Å². The molecule has 142 valence electrons. The van der Waals surface area contributed by atoms with E-state index in [0.717, 1.165) is 11.3 Å². The minimum absolute atomic E-state index is 0.218. The number of nitrogens with zero attached hydrogens (tertiary/aromatic N) is 5. The number of halogens is 1. The first-order valence-electron chi connectivity index (χ1n) is 8.27. The zero-order valence-electron chi connectivity index (χ0n) is 14.5. The molecule has 2 aromatic carbocycles. The van der Waals surface area contributed by atoms with Crippen LogP contribution < -0.4 is 10.6 Å². The number of ether oxygens (including phenoxy) is 1. The molecule has 0 aliphatic rings. The standard InChI is InChI=1S/C18H15ClN6O2S/c19-13-8-6-12(7-9-13)17-23-22-16(27-17)11-28-18-24-21-15(25(18)20)10-26-14-4-2-1-3-5-14/h1-9H,10-11,20H2. The first-order chi connectivity index (χ1) is 13.7. The topological polar surface area (TPSA) is 105 Å². The highest BCUT2D eigenvalue weighted by Gasteiger charge is 2.14. The van der Waals surface area contributed by atoms with Gasteiger partial charge in [-0.05, 0) is 36.4 Å². The predicted octanol–water partition coefficient (Wildman–Crippen LogP) is 3.57. The zero-order valence-corrected chi connectivity index (χ0v) is 16.1. The summed E-state index contributed by atoms with van der Waals surface area (Å²) in [5, 5.41) is 17.4. The van der Waals surface area contributed by atoms with Crippen molar-refractivity contribution in [2.24, 2.45) is 0 Å². The lowest BCUT2D eigenvalue weighted by Gasteiger charge is -2.05. The molecule has 0 aliphatic heterocycles. The second-order valence-corrected chi connectivity index (χ2v) is 7.05. The molecule has 2 N–H and O–H groups in total. The number of aromatic nitrogens is 5. The summed E-state index contributed by atoms with van der Waals surface area (Å²) >= 11 is 7.24. The highest BCUT2D eigenvalue weighted by atomic mass is 35.5. The Labute approximate surface area is 169 Å². The van der Waals surface area contributed by atoms with E-state index in [-0.39, 0.29) is 6.61 Å². The van der Waals surface area contributed by atoms with Crippen LogP contribution in [0.3, 0.4) is 0 Å². The predicted molar refractivity (Wildman–Crippen MR) is 105 cm³/mol. The van der Waals surface area contributed by atoms with Crippen LogP contribution in [0.5, 0.6) is 5.75 Å². The molecule has 28 heavy (non-hydrogen) atoms. The van der Waals surface area contributed by atoms with Gasteiger partial charge in [0.05, 0.1) is 5.75 Å². The van der Waals surface area contributed by atoms with E-state index in [1.807, 2.05) is 42.5 Å². The fraction of sp³-hybridized carbons (Fsp3) is 0.111. The fourth-order valence-corrected chi connectivity index (χ4v) is 3.15. The summed E-state index contributed by atoms with van der Waals surface area (Å²) in [6.07, 6.45) is 0. The van der Waals surface area contributed by atoms with Gasteiger partial charge in [-0.25, -0.2) is 4.68 Å². The summed E-state index contributed by atoms with van der Waals surface area (Å²) in [6.45, 7) is 0.218. The zero-order chi connectivity index (χ0) is 19.3. The van der Waals surface area contributed by atoms with Crippen molar-refractivity contribution < 1.29 is 9.15 Å². The Balaban J connectivity index is 1.36. The second-order valence-electron chi connectivity index (χ2n) is 5.67. The van der Waals surface area contributed by atoms with Gasteiger partial charge < -0.3 is 15.0 Å².